The largest absolute Gasteiger partial charge is 0.378 e. The molecule has 2 aromatic heterocycles. The number of thiocarbonyl (C=S) groups is 1. The first-order valence-electron chi connectivity index (χ1n) is 12.9. The second-order valence-electron chi connectivity index (χ2n) is 9.72. The zero-order valence-electron chi connectivity index (χ0n) is 21.3. The average Bonchev–Trinajstić information content (AvgIpc) is 3.33. The third-order valence-electron chi connectivity index (χ3n) is 7.17. The summed E-state index contributed by atoms with van der Waals surface area (Å²) in [6, 6.07) is 20.1. The lowest BCUT2D eigenvalue weighted by atomic mass is 9.98. The number of para-hydroxylation sites is 1. The van der Waals surface area contributed by atoms with E-state index in [-0.39, 0.29) is 5.82 Å². The molecule has 0 aliphatic carbocycles. The van der Waals surface area contributed by atoms with Crippen molar-refractivity contribution in [1.29, 1.82) is 0 Å². The Hall–Kier alpha value is -3.39. The first-order valence-corrected chi connectivity index (χ1v) is 14.0. The molecular weight excluding hydrogens is 552 g/mol. The molecule has 1 aliphatic heterocycles. The molecule has 0 radical (unpaired) electrons. The molecule has 3 heterocycles. The Balaban J connectivity index is 1.51. The van der Waals surface area contributed by atoms with Crippen LogP contribution in [-0.2, 0) is 19.5 Å². The summed E-state index contributed by atoms with van der Waals surface area (Å²) in [5.41, 5.74) is 7.90. The normalized spacial score (nSPS) is 12.9. The number of aromatic nitrogens is 3. The maximum atomic E-state index is 13.4. The molecule has 0 fully saturated rings. The molecule has 0 unspecified atom stereocenters. The van der Waals surface area contributed by atoms with Crippen molar-refractivity contribution in [2.45, 2.75) is 39.3 Å². The Morgan fingerprint density at radius 3 is 2.59 bits per heavy atom. The lowest BCUT2D eigenvalue weighted by Crippen LogP contribution is -2.15. The monoisotopic (exact) mass is 577 g/mol. The number of hydrogen-bond acceptors (Lipinski definition) is 3. The van der Waals surface area contributed by atoms with E-state index in [2.05, 4.69) is 28.2 Å². The van der Waals surface area contributed by atoms with Gasteiger partial charge in [0, 0.05) is 29.0 Å². The standard InChI is InChI=1S/C30H26Cl2FN5S/c1-18-6-2-3-8-25(18)35-29(39)28-27(19-9-14-23(31)24(32)16-19)22-7-4-5-15-37-26(36-38(28)30(22)37)17-34-21-12-10-20(33)11-13-21/h2-3,6,8-14,16,34H,4-5,7,15,17H2,1H3,(H,35,39). The number of benzene rings is 3. The summed E-state index contributed by atoms with van der Waals surface area (Å²) >= 11 is 18.8. The quantitative estimate of drug-likeness (QED) is 0.199. The smallest absolute Gasteiger partial charge is 0.150 e. The SMILES string of the molecule is Cc1ccccc1NC(=S)c1c(-c2ccc(Cl)c(Cl)c2)c2c3n(c(CNc4ccc(F)cc4)nn13)CCCC2. The fourth-order valence-electron chi connectivity index (χ4n) is 5.25. The van der Waals surface area contributed by atoms with Gasteiger partial charge in [0.15, 0.2) is 5.82 Å². The Kier molecular flexibility index (Phi) is 7.06. The van der Waals surface area contributed by atoms with Crippen molar-refractivity contribution in [1.82, 2.24) is 14.2 Å². The van der Waals surface area contributed by atoms with Crippen LogP contribution < -0.4 is 10.6 Å². The van der Waals surface area contributed by atoms with Crippen LogP contribution in [0.15, 0.2) is 66.7 Å². The summed E-state index contributed by atoms with van der Waals surface area (Å²) in [6.07, 6.45) is 2.97. The Labute approximate surface area is 241 Å². The molecule has 0 bridgehead atoms. The second kappa shape index (κ2) is 10.6. The third-order valence-corrected chi connectivity index (χ3v) is 8.21. The van der Waals surface area contributed by atoms with Gasteiger partial charge in [-0.05, 0) is 79.8 Å². The molecule has 0 amide bonds. The van der Waals surface area contributed by atoms with Gasteiger partial charge in [-0.1, -0.05) is 59.7 Å². The maximum Gasteiger partial charge on any atom is 0.150 e. The number of hydrogen-bond donors (Lipinski definition) is 2. The number of halogens is 3. The molecule has 9 heteroatoms. The molecule has 2 N–H and O–H groups in total. The molecule has 0 spiro atoms. The van der Waals surface area contributed by atoms with Crippen molar-refractivity contribution in [3.8, 4) is 11.1 Å². The first-order chi connectivity index (χ1) is 18.9. The zero-order chi connectivity index (χ0) is 27.1. The third kappa shape index (κ3) is 4.91. The van der Waals surface area contributed by atoms with Crippen molar-refractivity contribution >= 4 is 57.4 Å². The minimum Gasteiger partial charge on any atom is -0.378 e. The van der Waals surface area contributed by atoms with Crippen LogP contribution in [0.25, 0.3) is 16.8 Å². The van der Waals surface area contributed by atoms with Gasteiger partial charge in [-0.15, -0.1) is 0 Å². The van der Waals surface area contributed by atoms with Crippen LogP contribution in [0, 0.1) is 12.7 Å². The van der Waals surface area contributed by atoms with Crippen LogP contribution in [0.3, 0.4) is 0 Å². The van der Waals surface area contributed by atoms with Crippen molar-refractivity contribution in [2.24, 2.45) is 0 Å². The molecule has 3 aromatic carbocycles. The van der Waals surface area contributed by atoms with Crippen LogP contribution in [0.4, 0.5) is 15.8 Å². The lowest BCUT2D eigenvalue weighted by molar-refractivity contribution is 0.618. The molecular formula is C30H26Cl2FN5S. The highest BCUT2D eigenvalue weighted by Crippen LogP contribution is 2.39. The predicted octanol–water partition coefficient (Wildman–Crippen LogP) is 8.29. The van der Waals surface area contributed by atoms with Gasteiger partial charge in [-0.2, -0.15) is 5.10 Å². The van der Waals surface area contributed by atoms with Crippen molar-refractivity contribution in [3.63, 3.8) is 0 Å². The zero-order valence-corrected chi connectivity index (χ0v) is 23.6. The first kappa shape index (κ1) is 25.9. The van der Waals surface area contributed by atoms with Crippen LogP contribution in [0.5, 0.6) is 0 Å². The molecule has 5 nitrogen and oxygen atoms in total. The minimum atomic E-state index is -0.263. The van der Waals surface area contributed by atoms with E-state index in [4.69, 9.17) is 40.5 Å². The summed E-state index contributed by atoms with van der Waals surface area (Å²) < 4.78 is 17.7. The van der Waals surface area contributed by atoms with E-state index in [9.17, 15) is 4.39 Å². The van der Waals surface area contributed by atoms with E-state index in [1.54, 1.807) is 12.1 Å². The van der Waals surface area contributed by atoms with E-state index in [1.807, 2.05) is 40.9 Å². The van der Waals surface area contributed by atoms with Gasteiger partial charge in [0.1, 0.15) is 22.1 Å². The highest BCUT2D eigenvalue weighted by atomic mass is 35.5. The van der Waals surface area contributed by atoms with E-state index in [0.29, 0.717) is 21.6 Å². The van der Waals surface area contributed by atoms with E-state index < -0.39 is 0 Å². The fraction of sp³-hybridized carbons (Fsp3) is 0.200. The van der Waals surface area contributed by atoms with Crippen LogP contribution in [0.1, 0.15) is 35.5 Å². The van der Waals surface area contributed by atoms with E-state index >= 15 is 0 Å². The van der Waals surface area contributed by atoms with Gasteiger partial charge < -0.3 is 15.2 Å². The molecule has 5 aromatic rings. The van der Waals surface area contributed by atoms with Crippen molar-refractivity contribution in [3.05, 3.63) is 105 Å². The van der Waals surface area contributed by atoms with Crippen LogP contribution in [0.2, 0.25) is 10.0 Å². The van der Waals surface area contributed by atoms with E-state index in [1.165, 1.54) is 17.7 Å². The molecule has 0 saturated heterocycles. The topological polar surface area (TPSA) is 46.3 Å². The Morgan fingerprint density at radius 2 is 1.82 bits per heavy atom. The Bertz CT molecular complexity index is 1710. The summed E-state index contributed by atoms with van der Waals surface area (Å²) in [5.74, 6) is 0.624. The van der Waals surface area contributed by atoms with Gasteiger partial charge in [-0.25, -0.2) is 8.91 Å². The van der Waals surface area contributed by atoms with E-state index in [0.717, 1.165) is 71.0 Å². The van der Waals surface area contributed by atoms with Crippen molar-refractivity contribution < 1.29 is 4.39 Å². The van der Waals surface area contributed by atoms with Crippen molar-refractivity contribution in [2.75, 3.05) is 10.6 Å². The lowest BCUT2D eigenvalue weighted by Gasteiger charge is -2.13. The summed E-state index contributed by atoms with van der Waals surface area (Å²) in [6.45, 7) is 3.39. The van der Waals surface area contributed by atoms with Gasteiger partial charge in [0.2, 0.25) is 0 Å². The van der Waals surface area contributed by atoms with Gasteiger partial charge in [0.25, 0.3) is 0 Å². The minimum absolute atomic E-state index is 0.263. The van der Waals surface area contributed by atoms with Gasteiger partial charge in [0.05, 0.1) is 16.6 Å². The number of rotatable bonds is 6. The van der Waals surface area contributed by atoms with Crippen LogP contribution >= 0.6 is 35.4 Å². The highest BCUT2D eigenvalue weighted by Gasteiger charge is 2.29. The molecule has 0 atom stereocenters. The van der Waals surface area contributed by atoms with Gasteiger partial charge >= 0.3 is 0 Å². The molecule has 198 valence electrons. The summed E-state index contributed by atoms with van der Waals surface area (Å²) in [4.78, 5) is 0.579. The fourth-order valence-corrected chi connectivity index (χ4v) is 5.85. The number of aryl methyl sites for hydroxylation is 3. The predicted molar refractivity (Wildman–Crippen MR) is 162 cm³/mol. The average molecular weight is 579 g/mol. The number of nitrogens with one attached hydrogen (secondary N) is 2. The maximum absolute atomic E-state index is 13.4. The molecule has 1 aliphatic rings. The molecule has 0 saturated carbocycles. The molecule has 6 rings (SSSR count). The Morgan fingerprint density at radius 1 is 1.03 bits per heavy atom. The van der Waals surface area contributed by atoms with Crippen LogP contribution in [-0.4, -0.2) is 19.2 Å². The molecule has 39 heavy (non-hydrogen) atoms. The highest BCUT2D eigenvalue weighted by molar-refractivity contribution is 7.81. The van der Waals surface area contributed by atoms with Gasteiger partial charge in [-0.3, -0.25) is 0 Å². The number of nitrogens with zero attached hydrogens (tertiary/aromatic N) is 3. The summed E-state index contributed by atoms with van der Waals surface area (Å²) in [7, 11) is 0. The second-order valence-corrected chi connectivity index (χ2v) is 10.9. The number of anilines is 2. The summed E-state index contributed by atoms with van der Waals surface area (Å²) in [5, 5.41) is 13.0.